The monoisotopic (exact) mass is 760 g/mol. The number of hydrogen-bond acceptors (Lipinski definition) is 6. The van der Waals surface area contributed by atoms with Gasteiger partial charge in [-0.15, -0.1) is 30.0 Å². The molecule has 8 aromatic rings. The van der Waals surface area contributed by atoms with Crippen LogP contribution in [0, 0.1) is 6.92 Å². The molecule has 8 rings (SSSR count). The molecule has 0 aliphatic carbocycles. The van der Waals surface area contributed by atoms with Crippen LogP contribution >= 0.6 is 11.6 Å². The van der Waals surface area contributed by atoms with Gasteiger partial charge < -0.3 is 10.2 Å². The SMILES string of the molecule is Cc1cc(-n2nc3ccc(Cl)cc3n2)c(O)c(C(C)(C)Cc2cccc(C(C)(C)c3cc(-n4nc5ccccc5n4)c(O)c(C(C)(C)c4ccccc4)c3)c2)c1. The molecule has 2 aromatic heterocycles. The molecule has 0 aliphatic rings. The van der Waals surface area contributed by atoms with Crippen molar-refractivity contribution in [1.29, 1.82) is 0 Å². The van der Waals surface area contributed by atoms with Gasteiger partial charge in [0.2, 0.25) is 0 Å². The number of phenolic OH excluding ortho intramolecular Hbond substituents is 2. The predicted molar refractivity (Wildman–Crippen MR) is 225 cm³/mol. The van der Waals surface area contributed by atoms with Gasteiger partial charge in [0.15, 0.2) is 0 Å². The maximum absolute atomic E-state index is 12.1. The van der Waals surface area contributed by atoms with Crippen LogP contribution in [0.4, 0.5) is 0 Å². The molecule has 0 fully saturated rings. The number of phenols is 2. The Hall–Kier alpha value is -5.99. The Bertz CT molecular complexity index is 2730. The Morgan fingerprint density at radius 1 is 0.518 bits per heavy atom. The first-order valence-corrected chi connectivity index (χ1v) is 19.2. The molecule has 0 unspecified atom stereocenters. The summed E-state index contributed by atoms with van der Waals surface area (Å²) in [5, 5.41) is 43.3. The number of halogens is 1. The van der Waals surface area contributed by atoms with Crippen LogP contribution in [0.5, 0.6) is 11.5 Å². The van der Waals surface area contributed by atoms with Gasteiger partial charge in [-0.3, -0.25) is 0 Å². The average molecular weight is 761 g/mol. The lowest BCUT2D eigenvalue weighted by molar-refractivity contribution is 0.427. The molecular formula is C47H45ClN6O2. The third-order valence-corrected chi connectivity index (χ3v) is 11.5. The molecule has 9 heteroatoms. The fourth-order valence-corrected chi connectivity index (χ4v) is 8.02. The zero-order valence-corrected chi connectivity index (χ0v) is 33.5. The Morgan fingerprint density at radius 3 is 1.77 bits per heavy atom. The molecule has 282 valence electrons. The molecular weight excluding hydrogens is 716 g/mol. The van der Waals surface area contributed by atoms with Crippen molar-refractivity contribution in [3.63, 3.8) is 0 Å². The fraction of sp³-hybridized carbons (Fsp3) is 0.234. The topological polar surface area (TPSA) is 102 Å². The van der Waals surface area contributed by atoms with Gasteiger partial charge in [-0.05, 0) is 89.0 Å². The van der Waals surface area contributed by atoms with Gasteiger partial charge in [-0.2, -0.15) is 0 Å². The summed E-state index contributed by atoms with van der Waals surface area (Å²) >= 11 is 6.22. The van der Waals surface area contributed by atoms with E-state index >= 15 is 0 Å². The molecule has 2 heterocycles. The number of nitrogens with zero attached hydrogens (tertiary/aromatic N) is 6. The average Bonchev–Trinajstić information content (AvgIpc) is 3.80. The minimum atomic E-state index is -0.537. The number of rotatable bonds is 9. The molecule has 0 bridgehead atoms. The molecule has 0 saturated heterocycles. The number of benzene rings is 6. The van der Waals surface area contributed by atoms with E-state index < -0.39 is 16.2 Å². The van der Waals surface area contributed by atoms with E-state index in [0.717, 1.165) is 50.0 Å². The highest BCUT2D eigenvalue weighted by Crippen LogP contribution is 2.45. The summed E-state index contributed by atoms with van der Waals surface area (Å²) in [6, 6.07) is 40.1. The second-order valence-corrected chi connectivity index (χ2v) is 17.0. The van der Waals surface area contributed by atoms with Crippen LogP contribution in [0.3, 0.4) is 0 Å². The molecule has 6 aromatic carbocycles. The van der Waals surface area contributed by atoms with Gasteiger partial charge in [0, 0.05) is 27.0 Å². The molecule has 0 radical (unpaired) electrons. The first-order chi connectivity index (χ1) is 26.6. The quantitative estimate of drug-likeness (QED) is 0.152. The van der Waals surface area contributed by atoms with Crippen LogP contribution in [0.2, 0.25) is 5.02 Å². The van der Waals surface area contributed by atoms with Crippen LogP contribution in [0.25, 0.3) is 33.4 Å². The van der Waals surface area contributed by atoms with Crippen molar-refractivity contribution in [3.8, 4) is 22.9 Å². The lowest BCUT2D eigenvalue weighted by Crippen LogP contribution is -2.25. The first-order valence-electron chi connectivity index (χ1n) is 18.8. The van der Waals surface area contributed by atoms with Crippen LogP contribution in [-0.4, -0.2) is 40.2 Å². The van der Waals surface area contributed by atoms with Crippen molar-refractivity contribution in [2.45, 2.75) is 71.1 Å². The predicted octanol–water partition coefficient (Wildman–Crippen LogP) is 10.7. The van der Waals surface area contributed by atoms with Crippen molar-refractivity contribution in [2.75, 3.05) is 0 Å². The molecule has 0 amide bonds. The number of aryl methyl sites for hydroxylation is 1. The third-order valence-electron chi connectivity index (χ3n) is 11.3. The van der Waals surface area contributed by atoms with Gasteiger partial charge in [0.1, 0.15) is 44.9 Å². The number of fused-ring (bicyclic) bond motifs is 2. The number of aromatic hydroxyl groups is 2. The number of aromatic nitrogens is 6. The molecule has 0 atom stereocenters. The summed E-state index contributed by atoms with van der Waals surface area (Å²) in [5.74, 6) is 0.294. The highest BCUT2D eigenvalue weighted by atomic mass is 35.5. The molecule has 56 heavy (non-hydrogen) atoms. The first kappa shape index (κ1) is 37.0. The fourth-order valence-electron chi connectivity index (χ4n) is 7.85. The van der Waals surface area contributed by atoms with Crippen molar-refractivity contribution in [2.24, 2.45) is 0 Å². The van der Waals surface area contributed by atoms with Gasteiger partial charge >= 0.3 is 0 Å². The van der Waals surface area contributed by atoms with Crippen LogP contribution < -0.4 is 0 Å². The smallest absolute Gasteiger partial charge is 0.147 e. The van der Waals surface area contributed by atoms with E-state index in [1.165, 1.54) is 4.80 Å². The maximum Gasteiger partial charge on any atom is 0.147 e. The summed E-state index contributed by atoms with van der Waals surface area (Å²) in [5.41, 5.74) is 9.35. The largest absolute Gasteiger partial charge is 0.505 e. The van der Waals surface area contributed by atoms with Crippen molar-refractivity contribution < 1.29 is 10.2 Å². The van der Waals surface area contributed by atoms with E-state index in [1.807, 2.05) is 73.7 Å². The van der Waals surface area contributed by atoms with Crippen molar-refractivity contribution in [3.05, 3.63) is 165 Å². The summed E-state index contributed by atoms with van der Waals surface area (Å²) < 4.78 is 0. The second kappa shape index (κ2) is 13.6. The van der Waals surface area contributed by atoms with Gasteiger partial charge in [0.25, 0.3) is 0 Å². The summed E-state index contributed by atoms with van der Waals surface area (Å²) in [7, 11) is 0. The highest BCUT2D eigenvalue weighted by Gasteiger charge is 2.34. The van der Waals surface area contributed by atoms with E-state index in [4.69, 9.17) is 21.8 Å². The zero-order valence-electron chi connectivity index (χ0n) is 32.7. The molecule has 0 aliphatic heterocycles. The van der Waals surface area contributed by atoms with E-state index in [-0.39, 0.29) is 11.5 Å². The third kappa shape index (κ3) is 6.58. The Labute approximate surface area is 332 Å². The van der Waals surface area contributed by atoms with E-state index in [0.29, 0.717) is 33.9 Å². The van der Waals surface area contributed by atoms with E-state index in [2.05, 4.69) is 94.2 Å². The standard InChI is InChI=1S/C47H45ClN6O2/c1-29-22-35(43(55)41(23-29)53-51-39-21-20-34(48)27-40(39)52-53)45(2,3)28-30-14-13-17-32(24-30)46(4,5)33-25-36(47(6,7)31-15-9-8-10-16-31)44(56)42(26-33)54-49-37-18-11-12-19-38(37)50-54/h8-27,55-56H,28H2,1-7H3. The lowest BCUT2D eigenvalue weighted by Gasteiger charge is -2.33. The summed E-state index contributed by atoms with van der Waals surface area (Å²) in [4.78, 5) is 3.05. The summed E-state index contributed by atoms with van der Waals surface area (Å²) in [6.07, 6.45) is 0.661. The van der Waals surface area contributed by atoms with E-state index in [9.17, 15) is 10.2 Å². The van der Waals surface area contributed by atoms with Crippen LogP contribution in [0.15, 0.2) is 121 Å². The van der Waals surface area contributed by atoms with Crippen LogP contribution in [0.1, 0.15) is 80.5 Å². The maximum atomic E-state index is 12.1. The van der Waals surface area contributed by atoms with Crippen molar-refractivity contribution in [1.82, 2.24) is 30.0 Å². The van der Waals surface area contributed by atoms with E-state index in [1.54, 1.807) is 16.9 Å². The molecule has 0 spiro atoms. The zero-order chi connectivity index (χ0) is 39.6. The normalized spacial score (nSPS) is 12.5. The minimum absolute atomic E-state index is 0.147. The number of hydrogen-bond donors (Lipinski definition) is 2. The molecule has 2 N–H and O–H groups in total. The highest BCUT2D eigenvalue weighted by molar-refractivity contribution is 6.31. The van der Waals surface area contributed by atoms with Crippen LogP contribution in [-0.2, 0) is 22.7 Å². The Kier molecular flexibility index (Phi) is 9.00. The summed E-state index contributed by atoms with van der Waals surface area (Å²) in [6.45, 7) is 15.0. The Morgan fingerprint density at radius 2 is 1.09 bits per heavy atom. The van der Waals surface area contributed by atoms with Crippen molar-refractivity contribution >= 4 is 33.7 Å². The molecule has 8 nitrogen and oxygen atoms in total. The second-order valence-electron chi connectivity index (χ2n) is 16.5. The Balaban J connectivity index is 1.18. The lowest BCUT2D eigenvalue weighted by atomic mass is 9.72. The van der Waals surface area contributed by atoms with Gasteiger partial charge in [0.05, 0.1) is 0 Å². The molecule has 0 saturated carbocycles. The van der Waals surface area contributed by atoms with Gasteiger partial charge in [-0.25, -0.2) is 0 Å². The van der Waals surface area contributed by atoms with Gasteiger partial charge in [-0.1, -0.05) is 132 Å². The minimum Gasteiger partial charge on any atom is -0.505 e.